The predicted molar refractivity (Wildman–Crippen MR) is 143 cm³/mol. The van der Waals surface area contributed by atoms with Crippen LogP contribution in [0, 0.1) is 11.3 Å². The van der Waals surface area contributed by atoms with Crippen LogP contribution in [0.2, 0.25) is 0 Å². The summed E-state index contributed by atoms with van der Waals surface area (Å²) < 4.78 is 84.8. The number of carbonyl (C=O) groups is 2. The summed E-state index contributed by atoms with van der Waals surface area (Å²) in [5.41, 5.74) is -2.79. The molecule has 2 aromatic carbocycles. The van der Waals surface area contributed by atoms with Crippen LogP contribution >= 0.6 is 0 Å². The summed E-state index contributed by atoms with van der Waals surface area (Å²) in [5.74, 6) is -1.85. The van der Waals surface area contributed by atoms with Crippen molar-refractivity contribution in [3.8, 4) is 0 Å². The number of aliphatic carboxylic acids is 1. The summed E-state index contributed by atoms with van der Waals surface area (Å²) in [6, 6.07) is 9.59. The van der Waals surface area contributed by atoms with Crippen molar-refractivity contribution < 1.29 is 45.8 Å². The van der Waals surface area contributed by atoms with Crippen molar-refractivity contribution in [3.63, 3.8) is 0 Å². The van der Waals surface area contributed by atoms with E-state index in [9.17, 15) is 41.0 Å². The maximum atomic E-state index is 13.2. The second kappa shape index (κ2) is 13.5. The molecule has 1 aliphatic rings. The molecule has 12 heteroatoms. The largest absolute Gasteiger partial charge is 0.480 e. The standard InChI is InChI=1S/C30H36F6N2O4/c1-28(2,3)25(27(40)41)38-11-9-21(10-12-38)26(39)37-16-22(20-7-5-4-6-8-20)18-42-17-19-13-23(29(31,32)33)15-24(14-19)30(34,35)36/h4-8,13-15,21-22,25H,9-12,16-18H2,1-3H3,(H,37,39)(H,40,41). The van der Waals surface area contributed by atoms with E-state index in [0.717, 1.165) is 5.56 Å². The van der Waals surface area contributed by atoms with Crippen LogP contribution in [0.25, 0.3) is 0 Å². The number of amides is 1. The van der Waals surface area contributed by atoms with Gasteiger partial charge in [-0.1, -0.05) is 51.1 Å². The van der Waals surface area contributed by atoms with Crippen LogP contribution in [0.15, 0.2) is 48.5 Å². The van der Waals surface area contributed by atoms with Crippen LogP contribution in [0.1, 0.15) is 61.8 Å². The Bertz CT molecular complexity index is 1170. The molecule has 3 rings (SSSR count). The lowest BCUT2D eigenvalue weighted by atomic mass is 9.83. The molecule has 1 aliphatic heterocycles. The van der Waals surface area contributed by atoms with Crippen molar-refractivity contribution >= 4 is 11.9 Å². The zero-order valence-electron chi connectivity index (χ0n) is 23.7. The van der Waals surface area contributed by atoms with Gasteiger partial charge >= 0.3 is 18.3 Å². The molecule has 2 unspecified atom stereocenters. The molecule has 1 fully saturated rings. The summed E-state index contributed by atoms with van der Waals surface area (Å²) in [7, 11) is 0. The van der Waals surface area contributed by atoms with E-state index >= 15 is 0 Å². The van der Waals surface area contributed by atoms with E-state index in [2.05, 4.69) is 5.32 Å². The number of benzene rings is 2. The SMILES string of the molecule is CC(C)(C)C(C(=O)O)N1CCC(C(=O)NCC(COCc2cc(C(F)(F)F)cc(C(F)(F)F)c2)c2ccccc2)CC1. The molecule has 6 nitrogen and oxygen atoms in total. The zero-order chi connectivity index (χ0) is 31.3. The first-order valence-electron chi connectivity index (χ1n) is 13.6. The molecule has 1 saturated heterocycles. The molecule has 0 spiro atoms. The average Bonchev–Trinajstić information content (AvgIpc) is 2.89. The number of ether oxygens (including phenoxy) is 1. The molecule has 0 bridgehead atoms. The number of carboxylic acids is 1. The summed E-state index contributed by atoms with van der Waals surface area (Å²) in [5, 5.41) is 12.6. The summed E-state index contributed by atoms with van der Waals surface area (Å²) >= 11 is 0. The molecule has 232 valence electrons. The highest BCUT2D eigenvalue weighted by Crippen LogP contribution is 2.36. The first-order chi connectivity index (χ1) is 19.5. The van der Waals surface area contributed by atoms with E-state index in [1.165, 1.54) is 0 Å². The van der Waals surface area contributed by atoms with Gasteiger partial charge in [-0.25, -0.2) is 0 Å². The van der Waals surface area contributed by atoms with Crippen LogP contribution < -0.4 is 5.32 Å². The average molecular weight is 603 g/mol. The molecular weight excluding hydrogens is 566 g/mol. The highest BCUT2D eigenvalue weighted by molar-refractivity contribution is 5.79. The van der Waals surface area contributed by atoms with Gasteiger partial charge < -0.3 is 15.2 Å². The normalized spacial score (nSPS) is 17.1. The Morgan fingerprint density at radius 1 is 0.952 bits per heavy atom. The minimum atomic E-state index is -4.95. The van der Waals surface area contributed by atoms with Gasteiger partial charge in [-0.3, -0.25) is 14.5 Å². The second-order valence-corrected chi connectivity index (χ2v) is 11.7. The van der Waals surface area contributed by atoms with Crippen molar-refractivity contribution in [2.75, 3.05) is 26.2 Å². The van der Waals surface area contributed by atoms with E-state index in [1.807, 2.05) is 25.7 Å². The van der Waals surface area contributed by atoms with Crippen LogP contribution in [-0.2, 0) is 33.3 Å². The number of halogens is 6. The number of carbonyl (C=O) groups excluding carboxylic acids is 1. The van der Waals surface area contributed by atoms with Crippen LogP contribution in [0.4, 0.5) is 26.3 Å². The lowest BCUT2D eigenvalue weighted by Gasteiger charge is -2.40. The number of rotatable bonds is 10. The van der Waals surface area contributed by atoms with Crippen molar-refractivity contribution in [1.29, 1.82) is 0 Å². The minimum absolute atomic E-state index is 0.0633. The number of nitrogens with zero attached hydrogens (tertiary/aromatic N) is 1. The zero-order valence-corrected chi connectivity index (χ0v) is 23.7. The Hall–Kier alpha value is -3.12. The number of alkyl halides is 6. The smallest absolute Gasteiger partial charge is 0.416 e. The summed E-state index contributed by atoms with van der Waals surface area (Å²) in [4.78, 5) is 26.7. The summed E-state index contributed by atoms with van der Waals surface area (Å²) in [6.45, 7) is 6.07. The fourth-order valence-electron chi connectivity index (χ4n) is 5.28. The third-order valence-corrected chi connectivity index (χ3v) is 7.35. The monoisotopic (exact) mass is 602 g/mol. The Labute approximate surface area is 241 Å². The van der Waals surface area contributed by atoms with E-state index in [0.29, 0.717) is 38.1 Å². The Morgan fingerprint density at radius 2 is 1.50 bits per heavy atom. The van der Waals surface area contributed by atoms with E-state index in [1.54, 1.807) is 30.3 Å². The molecule has 0 radical (unpaired) electrons. The van der Waals surface area contributed by atoms with E-state index < -0.39 is 53.4 Å². The fourth-order valence-corrected chi connectivity index (χ4v) is 5.28. The van der Waals surface area contributed by atoms with Gasteiger partial charge in [0.2, 0.25) is 5.91 Å². The van der Waals surface area contributed by atoms with E-state index in [-0.39, 0.29) is 36.6 Å². The Morgan fingerprint density at radius 3 is 1.98 bits per heavy atom. The third kappa shape index (κ3) is 9.19. The Balaban J connectivity index is 1.63. The molecule has 2 atom stereocenters. The molecule has 0 saturated carbocycles. The fraction of sp³-hybridized carbons (Fsp3) is 0.533. The van der Waals surface area contributed by atoms with Crippen molar-refractivity contribution in [2.24, 2.45) is 11.3 Å². The molecular formula is C30H36F6N2O4. The van der Waals surface area contributed by atoms with Gasteiger partial charge in [0.1, 0.15) is 6.04 Å². The van der Waals surface area contributed by atoms with Gasteiger partial charge in [-0.05, 0) is 60.7 Å². The number of piperidine rings is 1. The molecule has 2 N–H and O–H groups in total. The van der Waals surface area contributed by atoms with Gasteiger partial charge in [0.05, 0.1) is 24.3 Å². The van der Waals surface area contributed by atoms with E-state index in [4.69, 9.17) is 4.74 Å². The number of carboxylic acid groups (broad SMARTS) is 1. The maximum Gasteiger partial charge on any atom is 0.416 e. The minimum Gasteiger partial charge on any atom is -0.480 e. The quantitative estimate of drug-likeness (QED) is 0.310. The molecule has 0 aliphatic carbocycles. The number of nitrogens with one attached hydrogen (secondary N) is 1. The molecule has 0 aromatic heterocycles. The van der Waals surface area contributed by atoms with Crippen LogP contribution in [0.3, 0.4) is 0 Å². The molecule has 1 heterocycles. The highest BCUT2D eigenvalue weighted by Gasteiger charge is 2.39. The summed E-state index contributed by atoms with van der Waals surface area (Å²) in [6.07, 6.45) is -8.95. The maximum absolute atomic E-state index is 13.2. The first-order valence-corrected chi connectivity index (χ1v) is 13.6. The van der Waals surface area contributed by atoms with Crippen molar-refractivity contribution in [3.05, 3.63) is 70.8 Å². The second-order valence-electron chi connectivity index (χ2n) is 11.7. The topological polar surface area (TPSA) is 78.9 Å². The van der Waals surface area contributed by atoms with Gasteiger partial charge in [0.25, 0.3) is 0 Å². The van der Waals surface area contributed by atoms with Crippen molar-refractivity contribution in [2.45, 2.75) is 64.5 Å². The first kappa shape index (κ1) is 33.4. The molecule has 2 aromatic rings. The predicted octanol–water partition coefficient (Wildman–Crippen LogP) is 6.35. The van der Waals surface area contributed by atoms with Crippen LogP contribution in [0.5, 0.6) is 0 Å². The number of hydrogen-bond acceptors (Lipinski definition) is 4. The lowest BCUT2D eigenvalue weighted by molar-refractivity contribution is -0.149. The lowest BCUT2D eigenvalue weighted by Crippen LogP contribution is -2.53. The van der Waals surface area contributed by atoms with Gasteiger partial charge in [-0.2, -0.15) is 26.3 Å². The number of likely N-dealkylation sites (tertiary alicyclic amines) is 1. The Kier molecular flexibility index (Phi) is 10.7. The molecule has 1 amide bonds. The van der Waals surface area contributed by atoms with Crippen molar-refractivity contribution in [1.82, 2.24) is 10.2 Å². The molecule has 42 heavy (non-hydrogen) atoms. The third-order valence-electron chi connectivity index (χ3n) is 7.35. The number of hydrogen-bond donors (Lipinski definition) is 2. The van der Waals surface area contributed by atoms with Crippen LogP contribution in [-0.4, -0.2) is 54.2 Å². The van der Waals surface area contributed by atoms with Gasteiger partial charge in [0.15, 0.2) is 0 Å². The van der Waals surface area contributed by atoms with Gasteiger partial charge in [0, 0.05) is 18.4 Å². The highest BCUT2D eigenvalue weighted by atomic mass is 19.4. The van der Waals surface area contributed by atoms with Gasteiger partial charge in [-0.15, -0.1) is 0 Å².